The molecule has 0 aromatic carbocycles. The van der Waals surface area contributed by atoms with E-state index in [-0.39, 0.29) is 11.2 Å². The highest BCUT2D eigenvalue weighted by atomic mass is 32.2. The Morgan fingerprint density at radius 3 is 3.25 bits per heavy atom. The van der Waals surface area contributed by atoms with Gasteiger partial charge in [0.1, 0.15) is 0 Å². The van der Waals surface area contributed by atoms with Crippen LogP contribution < -0.4 is 5.32 Å². The van der Waals surface area contributed by atoms with Crippen molar-refractivity contribution in [2.24, 2.45) is 0 Å². The van der Waals surface area contributed by atoms with Crippen molar-refractivity contribution in [3.63, 3.8) is 0 Å². The fourth-order valence-corrected chi connectivity index (χ4v) is 2.40. The van der Waals surface area contributed by atoms with E-state index in [1.807, 2.05) is 25.1 Å². The average molecular weight is 234 g/mol. The number of carbonyl (C=O) groups excluding carboxylic acids is 1. The minimum Gasteiger partial charge on any atom is -0.303 e. The SMILES string of the molecule is CCSC(=O)C1=CCN[C@H]1c1cccnc1. The van der Waals surface area contributed by atoms with Crippen LogP contribution in [-0.4, -0.2) is 22.4 Å². The Morgan fingerprint density at radius 1 is 1.69 bits per heavy atom. The van der Waals surface area contributed by atoms with Crippen molar-refractivity contribution in [2.45, 2.75) is 13.0 Å². The second kappa shape index (κ2) is 5.27. The molecule has 16 heavy (non-hydrogen) atoms. The van der Waals surface area contributed by atoms with Crippen LogP contribution in [0.3, 0.4) is 0 Å². The summed E-state index contributed by atoms with van der Waals surface area (Å²) in [6, 6.07) is 3.90. The lowest BCUT2D eigenvalue weighted by atomic mass is 10.0. The molecular formula is C12H14N2OS. The van der Waals surface area contributed by atoms with E-state index in [1.54, 1.807) is 12.4 Å². The van der Waals surface area contributed by atoms with Gasteiger partial charge in [0.2, 0.25) is 5.12 Å². The molecule has 4 heteroatoms. The van der Waals surface area contributed by atoms with Crippen LogP contribution in [0.4, 0.5) is 0 Å². The highest BCUT2D eigenvalue weighted by Crippen LogP contribution is 2.28. The maximum Gasteiger partial charge on any atom is 0.216 e. The third-order valence-electron chi connectivity index (χ3n) is 2.48. The Bertz CT molecular complexity index is 403. The van der Waals surface area contributed by atoms with Gasteiger partial charge in [-0.05, 0) is 17.4 Å². The van der Waals surface area contributed by atoms with Crippen molar-refractivity contribution >= 4 is 16.9 Å². The average Bonchev–Trinajstić information content (AvgIpc) is 2.79. The third kappa shape index (κ3) is 2.33. The minimum atomic E-state index is 0.0141. The second-order valence-corrected chi connectivity index (χ2v) is 4.74. The van der Waals surface area contributed by atoms with Crippen LogP contribution in [0, 0.1) is 0 Å². The van der Waals surface area contributed by atoms with Gasteiger partial charge in [-0.25, -0.2) is 0 Å². The number of nitrogens with zero attached hydrogens (tertiary/aromatic N) is 1. The number of thioether (sulfide) groups is 1. The van der Waals surface area contributed by atoms with Crippen LogP contribution in [0.15, 0.2) is 36.2 Å². The summed E-state index contributed by atoms with van der Waals surface area (Å²) in [6.45, 7) is 2.75. The molecule has 1 aromatic heterocycles. The summed E-state index contributed by atoms with van der Waals surface area (Å²) in [5.41, 5.74) is 1.91. The zero-order chi connectivity index (χ0) is 11.4. The molecule has 0 spiro atoms. The summed E-state index contributed by atoms with van der Waals surface area (Å²) in [6.07, 6.45) is 5.52. The van der Waals surface area contributed by atoms with E-state index in [0.717, 1.165) is 23.4 Å². The predicted molar refractivity (Wildman–Crippen MR) is 66.2 cm³/mol. The zero-order valence-corrected chi connectivity index (χ0v) is 9.96. The van der Waals surface area contributed by atoms with E-state index >= 15 is 0 Å². The smallest absolute Gasteiger partial charge is 0.216 e. The van der Waals surface area contributed by atoms with Crippen molar-refractivity contribution in [1.29, 1.82) is 0 Å². The molecule has 1 N–H and O–H groups in total. The molecule has 1 aromatic rings. The molecule has 1 atom stereocenters. The molecule has 0 unspecified atom stereocenters. The van der Waals surface area contributed by atoms with Crippen molar-refractivity contribution in [3.05, 3.63) is 41.7 Å². The van der Waals surface area contributed by atoms with Crippen molar-refractivity contribution in [3.8, 4) is 0 Å². The lowest BCUT2D eigenvalue weighted by Gasteiger charge is -2.14. The number of pyridine rings is 1. The molecule has 0 saturated heterocycles. The standard InChI is InChI=1S/C12H14N2OS/c1-2-16-12(15)10-5-7-14-11(10)9-4-3-6-13-8-9/h3-6,8,11,14H,2,7H2,1H3/t11-/m0/s1. The van der Waals surface area contributed by atoms with Crippen LogP contribution in [-0.2, 0) is 4.79 Å². The predicted octanol–water partition coefficient (Wildman–Crippen LogP) is 1.93. The first kappa shape index (κ1) is 11.4. The molecule has 0 radical (unpaired) electrons. The number of carbonyl (C=O) groups is 1. The molecule has 1 aliphatic rings. The quantitative estimate of drug-likeness (QED) is 0.867. The number of hydrogen-bond acceptors (Lipinski definition) is 4. The van der Waals surface area contributed by atoms with Gasteiger partial charge in [0.25, 0.3) is 0 Å². The van der Waals surface area contributed by atoms with E-state index in [9.17, 15) is 4.79 Å². The van der Waals surface area contributed by atoms with Gasteiger partial charge >= 0.3 is 0 Å². The summed E-state index contributed by atoms with van der Waals surface area (Å²) in [5.74, 6) is 0.815. The van der Waals surface area contributed by atoms with Crippen molar-refractivity contribution in [2.75, 3.05) is 12.3 Å². The second-order valence-electron chi connectivity index (χ2n) is 3.51. The number of hydrogen-bond donors (Lipinski definition) is 1. The van der Waals surface area contributed by atoms with E-state index in [4.69, 9.17) is 0 Å². The van der Waals surface area contributed by atoms with Crippen LogP contribution >= 0.6 is 11.8 Å². The summed E-state index contributed by atoms with van der Waals surface area (Å²) >= 11 is 1.36. The van der Waals surface area contributed by atoms with Gasteiger partial charge in [0.05, 0.1) is 6.04 Å². The summed E-state index contributed by atoms with van der Waals surface area (Å²) in [4.78, 5) is 15.9. The number of nitrogens with one attached hydrogen (secondary N) is 1. The molecule has 0 bridgehead atoms. The Morgan fingerprint density at radius 2 is 2.56 bits per heavy atom. The molecule has 0 aliphatic carbocycles. The molecule has 3 nitrogen and oxygen atoms in total. The Kier molecular flexibility index (Phi) is 3.74. The molecule has 1 aliphatic heterocycles. The Labute approximate surface area is 99.3 Å². The fourth-order valence-electron chi connectivity index (χ4n) is 1.77. The van der Waals surface area contributed by atoms with E-state index in [0.29, 0.717) is 0 Å². The van der Waals surface area contributed by atoms with Crippen LogP contribution in [0.1, 0.15) is 18.5 Å². The molecule has 0 fully saturated rings. The first-order valence-corrected chi connectivity index (χ1v) is 6.32. The van der Waals surface area contributed by atoms with Crippen molar-refractivity contribution in [1.82, 2.24) is 10.3 Å². The van der Waals surface area contributed by atoms with Crippen molar-refractivity contribution < 1.29 is 4.79 Å². The van der Waals surface area contributed by atoms with Gasteiger partial charge in [-0.1, -0.05) is 30.8 Å². The largest absolute Gasteiger partial charge is 0.303 e. The van der Waals surface area contributed by atoms with Crippen LogP contribution in [0.25, 0.3) is 0 Å². The van der Waals surface area contributed by atoms with Gasteiger partial charge < -0.3 is 5.32 Å². The molecule has 0 amide bonds. The van der Waals surface area contributed by atoms with E-state index < -0.39 is 0 Å². The van der Waals surface area contributed by atoms with E-state index in [1.165, 1.54) is 11.8 Å². The Hall–Kier alpha value is -1.13. The monoisotopic (exact) mass is 234 g/mol. The summed E-state index contributed by atoms with van der Waals surface area (Å²) < 4.78 is 0. The summed E-state index contributed by atoms with van der Waals surface area (Å²) in [7, 11) is 0. The molecule has 2 heterocycles. The first-order chi connectivity index (χ1) is 7.83. The van der Waals surface area contributed by atoms with Gasteiger partial charge in [0, 0.05) is 24.5 Å². The van der Waals surface area contributed by atoms with Crippen LogP contribution in [0.5, 0.6) is 0 Å². The van der Waals surface area contributed by atoms with E-state index in [2.05, 4.69) is 10.3 Å². The van der Waals surface area contributed by atoms with Gasteiger partial charge in [-0.2, -0.15) is 0 Å². The maximum atomic E-state index is 11.9. The minimum absolute atomic E-state index is 0.0141. The number of aromatic nitrogens is 1. The molecule has 0 saturated carbocycles. The summed E-state index contributed by atoms with van der Waals surface area (Å²) in [5, 5.41) is 3.46. The first-order valence-electron chi connectivity index (χ1n) is 5.33. The molecular weight excluding hydrogens is 220 g/mol. The Balaban J connectivity index is 2.18. The lowest BCUT2D eigenvalue weighted by molar-refractivity contribution is -0.108. The molecule has 2 rings (SSSR count). The molecule has 84 valence electrons. The maximum absolute atomic E-state index is 11.9. The van der Waals surface area contributed by atoms with Gasteiger partial charge in [0.15, 0.2) is 0 Å². The number of rotatable bonds is 3. The highest BCUT2D eigenvalue weighted by Gasteiger charge is 2.25. The topological polar surface area (TPSA) is 42.0 Å². The normalized spacial score (nSPS) is 19.6. The zero-order valence-electron chi connectivity index (χ0n) is 9.14. The van der Waals surface area contributed by atoms with Gasteiger partial charge in [-0.3, -0.25) is 9.78 Å². The van der Waals surface area contributed by atoms with Crippen LogP contribution in [0.2, 0.25) is 0 Å². The highest BCUT2D eigenvalue weighted by molar-refractivity contribution is 8.14. The lowest BCUT2D eigenvalue weighted by Crippen LogP contribution is -2.19. The third-order valence-corrected chi connectivity index (χ3v) is 3.27. The van der Waals surface area contributed by atoms with Gasteiger partial charge in [-0.15, -0.1) is 0 Å². The fraction of sp³-hybridized carbons (Fsp3) is 0.333.